The number of aromatic nitrogens is 1. The molecule has 0 saturated carbocycles. The van der Waals surface area contributed by atoms with Gasteiger partial charge in [-0.05, 0) is 49.3 Å². The number of carbonyl (C=O) groups excluding carboxylic acids is 1. The minimum atomic E-state index is -0.244. The third kappa shape index (κ3) is 3.64. The fourth-order valence-corrected chi connectivity index (χ4v) is 4.03. The predicted molar refractivity (Wildman–Crippen MR) is 105 cm³/mol. The Balaban J connectivity index is 1.43. The van der Waals surface area contributed by atoms with E-state index >= 15 is 0 Å². The molecule has 1 aromatic heterocycles. The number of fused-ring (bicyclic) bond motifs is 1. The number of H-pyrrole nitrogens is 1. The Bertz CT molecular complexity index is 907. The van der Waals surface area contributed by atoms with Crippen molar-refractivity contribution in [2.45, 2.75) is 39.3 Å². The average molecular weight is 369 g/mol. The Morgan fingerprint density at radius 1 is 1.22 bits per heavy atom. The van der Waals surface area contributed by atoms with E-state index in [9.17, 15) is 9.59 Å². The summed E-state index contributed by atoms with van der Waals surface area (Å²) in [5.41, 5.74) is 3.99. The average Bonchev–Trinajstić information content (AvgIpc) is 3.21. The van der Waals surface area contributed by atoms with Crippen LogP contribution in [0.15, 0.2) is 23.0 Å². The Kier molecular flexibility index (Phi) is 5.02. The normalized spacial score (nSPS) is 21.1. The van der Waals surface area contributed by atoms with Gasteiger partial charge in [0.1, 0.15) is 6.10 Å². The van der Waals surface area contributed by atoms with Gasteiger partial charge in [0.05, 0.1) is 5.52 Å². The first-order chi connectivity index (χ1) is 13.0. The van der Waals surface area contributed by atoms with E-state index in [-0.39, 0.29) is 17.6 Å². The van der Waals surface area contributed by atoms with Crippen molar-refractivity contribution in [1.82, 2.24) is 14.8 Å². The minimum absolute atomic E-state index is 0.0194. The van der Waals surface area contributed by atoms with Crippen molar-refractivity contribution in [2.24, 2.45) is 0 Å². The van der Waals surface area contributed by atoms with Crippen molar-refractivity contribution in [3.8, 4) is 0 Å². The van der Waals surface area contributed by atoms with Gasteiger partial charge in [0.2, 0.25) is 0 Å². The minimum Gasteiger partial charge on any atom is -0.368 e. The topological polar surface area (TPSA) is 65.6 Å². The highest BCUT2D eigenvalue weighted by Gasteiger charge is 2.30. The van der Waals surface area contributed by atoms with Crippen LogP contribution in [0.5, 0.6) is 0 Å². The van der Waals surface area contributed by atoms with E-state index in [1.165, 1.54) is 5.56 Å². The molecular formula is C21H27N3O3. The van der Waals surface area contributed by atoms with Crippen LogP contribution in [0.25, 0.3) is 10.9 Å². The van der Waals surface area contributed by atoms with Crippen LogP contribution in [-0.4, -0.2) is 59.6 Å². The molecular weight excluding hydrogens is 342 g/mol. The molecule has 0 aliphatic carbocycles. The highest BCUT2D eigenvalue weighted by atomic mass is 16.5. The zero-order chi connectivity index (χ0) is 19.0. The Morgan fingerprint density at radius 2 is 2.00 bits per heavy atom. The highest BCUT2D eigenvalue weighted by Crippen LogP contribution is 2.20. The molecule has 1 unspecified atom stereocenters. The molecule has 1 aromatic carbocycles. The summed E-state index contributed by atoms with van der Waals surface area (Å²) < 4.78 is 5.51. The van der Waals surface area contributed by atoms with Gasteiger partial charge in [0.15, 0.2) is 0 Å². The van der Waals surface area contributed by atoms with Gasteiger partial charge >= 0.3 is 0 Å². The molecule has 4 rings (SSSR count). The number of ether oxygens (including phenoxy) is 1. The number of aryl methyl sites for hydroxylation is 2. The molecule has 6 nitrogen and oxygen atoms in total. The number of aromatic amines is 1. The summed E-state index contributed by atoms with van der Waals surface area (Å²) in [6.07, 6.45) is 1.57. The summed E-state index contributed by atoms with van der Waals surface area (Å²) >= 11 is 0. The molecule has 2 aromatic rings. The Labute approximate surface area is 159 Å². The van der Waals surface area contributed by atoms with E-state index in [2.05, 4.69) is 28.9 Å². The number of nitrogens with one attached hydrogen (secondary N) is 1. The van der Waals surface area contributed by atoms with E-state index in [1.54, 1.807) is 0 Å². The second kappa shape index (κ2) is 7.44. The highest BCUT2D eigenvalue weighted by molar-refractivity contribution is 5.83. The molecule has 2 fully saturated rings. The zero-order valence-electron chi connectivity index (χ0n) is 16.1. The monoisotopic (exact) mass is 369 g/mol. The van der Waals surface area contributed by atoms with Crippen molar-refractivity contribution in [3.05, 3.63) is 45.2 Å². The van der Waals surface area contributed by atoms with Crippen LogP contribution < -0.4 is 5.56 Å². The molecule has 3 heterocycles. The Hall–Kier alpha value is -2.18. The lowest BCUT2D eigenvalue weighted by atomic mass is 10.0. The quantitative estimate of drug-likeness (QED) is 0.898. The zero-order valence-corrected chi connectivity index (χ0v) is 16.1. The molecule has 144 valence electrons. The lowest BCUT2D eigenvalue weighted by Crippen LogP contribution is -2.51. The van der Waals surface area contributed by atoms with E-state index in [0.29, 0.717) is 26.2 Å². The number of rotatable bonds is 3. The molecule has 2 aliphatic heterocycles. The molecule has 2 aliphatic rings. The molecule has 2 saturated heterocycles. The smallest absolute Gasteiger partial charge is 0.252 e. The number of amides is 1. The van der Waals surface area contributed by atoms with Gasteiger partial charge in [-0.15, -0.1) is 0 Å². The van der Waals surface area contributed by atoms with Gasteiger partial charge in [0, 0.05) is 44.9 Å². The molecule has 1 amide bonds. The maximum Gasteiger partial charge on any atom is 0.252 e. The second-order valence-corrected chi connectivity index (χ2v) is 7.70. The largest absolute Gasteiger partial charge is 0.368 e. The van der Waals surface area contributed by atoms with Crippen LogP contribution in [-0.2, 0) is 16.1 Å². The predicted octanol–water partition coefficient (Wildman–Crippen LogP) is 1.97. The molecule has 6 heteroatoms. The number of hydrogen-bond acceptors (Lipinski definition) is 4. The van der Waals surface area contributed by atoms with Crippen LogP contribution >= 0.6 is 0 Å². The van der Waals surface area contributed by atoms with Gasteiger partial charge in [-0.1, -0.05) is 12.1 Å². The van der Waals surface area contributed by atoms with Gasteiger partial charge in [-0.2, -0.15) is 0 Å². The van der Waals surface area contributed by atoms with Crippen molar-refractivity contribution < 1.29 is 9.53 Å². The SMILES string of the molecule is Cc1ccc2cc(CN3CCN(C(=O)C4CCCO4)CC3)c(=O)[nH]c2c1C. The van der Waals surface area contributed by atoms with Gasteiger partial charge in [-0.25, -0.2) is 0 Å². The number of piperazine rings is 1. The standard InChI is InChI=1S/C21H27N3O3/c1-14-5-6-16-12-17(20(25)22-19(16)15(14)2)13-23-7-9-24(10-8-23)21(26)18-4-3-11-27-18/h5-6,12,18H,3-4,7-11,13H2,1-2H3,(H,22,25). The van der Waals surface area contributed by atoms with Gasteiger partial charge in [-0.3, -0.25) is 14.5 Å². The number of pyridine rings is 1. The summed E-state index contributed by atoms with van der Waals surface area (Å²) in [5.74, 6) is 0.126. The first kappa shape index (κ1) is 18.2. The Morgan fingerprint density at radius 3 is 2.70 bits per heavy atom. The summed E-state index contributed by atoms with van der Waals surface area (Å²) in [6.45, 7) is 8.35. The number of nitrogens with zero attached hydrogens (tertiary/aromatic N) is 2. The van der Waals surface area contributed by atoms with E-state index in [4.69, 9.17) is 4.74 Å². The van der Waals surface area contributed by atoms with Gasteiger partial charge in [0.25, 0.3) is 11.5 Å². The summed E-state index contributed by atoms with van der Waals surface area (Å²) in [6, 6.07) is 6.16. The maximum atomic E-state index is 12.6. The number of hydrogen-bond donors (Lipinski definition) is 1. The molecule has 0 radical (unpaired) electrons. The second-order valence-electron chi connectivity index (χ2n) is 7.70. The first-order valence-corrected chi connectivity index (χ1v) is 9.78. The molecule has 0 spiro atoms. The van der Waals surface area contributed by atoms with E-state index in [0.717, 1.165) is 48.0 Å². The fraction of sp³-hybridized carbons (Fsp3) is 0.524. The maximum absolute atomic E-state index is 12.6. The van der Waals surface area contributed by atoms with Crippen molar-refractivity contribution >= 4 is 16.8 Å². The van der Waals surface area contributed by atoms with E-state index in [1.807, 2.05) is 17.9 Å². The van der Waals surface area contributed by atoms with Crippen LogP contribution in [0, 0.1) is 13.8 Å². The van der Waals surface area contributed by atoms with Crippen LogP contribution in [0.3, 0.4) is 0 Å². The fourth-order valence-electron chi connectivity index (χ4n) is 4.03. The molecule has 0 bridgehead atoms. The van der Waals surface area contributed by atoms with Crippen LogP contribution in [0.1, 0.15) is 29.5 Å². The lowest BCUT2D eigenvalue weighted by Gasteiger charge is -2.35. The lowest BCUT2D eigenvalue weighted by molar-refractivity contribution is -0.142. The first-order valence-electron chi connectivity index (χ1n) is 9.78. The van der Waals surface area contributed by atoms with Crippen LogP contribution in [0.4, 0.5) is 0 Å². The van der Waals surface area contributed by atoms with Crippen LogP contribution in [0.2, 0.25) is 0 Å². The van der Waals surface area contributed by atoms with Crippen molar-refractivity contribution in [3.63, 3.8) is 0 Å². The van der Waals surface area contributed by atoms with Gasteiger partial charge < -0.3 is 14.6 Å². The third-order valence-corrected chi connectivity index (χ3v) is 5.91. The summed E-state index contributed by atoms with van der Waals surface area (Å²) in [4.78, 5) is 32.2. The summed E-state index contributed by atoms with van der Waals surface area (Å²) in [5, 5.41) is 1.07. The summed E-state index contributed by atoms with van der Waals surface area (Å²) in [7, 11) is 0. The van der Waals surface area contributed by atoms with Crippen molar-refractivity contribution in [2.75, 3.05) is 32.8 Å². The van der Waals surface area contributed by atoms with E-state index < -0.39 is 0 Å². The number of benzene rings is 1. The molecule has 1 N–H and O–H groups in total. The number of carbonyl (C=O) groups is 1. The molecule has 1 atom stereocenters. The molecule has 27 heavy (non-hydrogen) atoms. The third-order valence-electron chi connectivity index (χ3n) is 5.91. The van der Waals surface area contributed by atoms with Crippen molar-refractivity contribution in [1.29, 1.82) is 0 Å².